The van der Waals surface area contributed by atoms with Gasteiger partial charge in [-0.15, -0.1) is 0 Å². The zero-order chi connectivity index (χ0) is 14.7. The number of aromatic nitrogens is 1. The Labute approximate surface area is 119 Å². The highest BCUT2D eigenvalue weighted by Gasteiger charge is 2.08. The van der Waals surface area contributed by atoms with Gasteiger partial charge in [0.25, 0.3) is 0 Å². The van der Waals surface area contributed by atoms with Gasteiger partial charge in [-0.2, -0.15) is 0 Å². The summed E-state index contributed by atoms with van der Waals surface area (Å²) >= 11 is 5.98. The number of halogens is 1. The summed E-state index contributed by atoms with van der Waals surface area (Å²) in [5.41, 5.74) is 6.04. The van der Waals surface area contributed by atoms with E-state index in [9.17, 15) is 9.59 Å². The number of aromatic carboxylic acids is 1. The number of amides is 1. The van der Waals surface area contributed by atoms with Crippen LogP contribution in [0, 0.1) is 0 Å². The average molecular weight is 292 g/mol. The summed E-state index contributed by atoms with van der Waals surface area (Å²) in [7, 11) is 0. The van der Waals surface area contributed by atoms with E-state index in [0.717, 1.165) is 0 Å². The fourth-order valence-electron chi connectivity index (χ4n) is 1.54. The molecule has 0 atom stereocenters. The van der Waals surface area contributed by atoms with Crippen LogP contribution in [0.1, 0.15) is 20.7 Å². The zero-order valence-electron chi connectivity index (χ0n) is 10.1. The zero-order valence-corrected chi connectivity index (χ0v) is 10.9. The maximum Gasteiger partial charge on any atom is 0.335 e. The Bertz CT molecular complexity index is 688. The highest BCUT2D eigenvalue weighted by atomic mass is 35.5. The van der Waals surface area contributed by atoms with Gasteiger partial charge in [0.2, 0.25) is 5.91 Å². The fourth-order valence-corrected chi connectivity index (χ4v) is 1.77. The Morgan fingerprint density at radius 1 is 1.20 bits per heavy atom. The summed E-state index contributed by atoms with van der Waals surface area (Å²) < 4.78 is 0. The molecule has 0 aliphatic rings. The van der Waals surface area contributed by atoms with Crippen molar-refractivity contribution in [1.82, 2.24) is 4.98 Å². The van der Waals surface area contributed by atoms with Crippen molar-refractivity contribution >= 4 is 35.0 Å². The van der Waals surface area contributed by atoms with Crippen LogP contribution in [0.4, 0.5) is 11.5 Å². The topological polar surface area (TPSA) is 105 Å². The number of primary amides is 1. The molecular formula is C13H10ClN3O3. The van der Waals surface area contributed by atoms with Crippen LogP contribution < -0.4 is 11.1 Å². The first-order chi connectivity index (χ1) is 9.47. The van der Waals surface area contributed by atoms with Gasteiger partial charge in [0, 0.05) is 11.8 Å². The van der Waals surface area contributed by atoms with Crippen LogP contribution in [-0.2, 0) is 0 Å². The molecular weight excluding hydrogens is 282 g/mol. The van der Waals surface area contributed by atoms with Crippen LogP contribution in [0.3, 0.4) is 0 Å². The molecule has 2 rings (SSSR count). The lowest BCUT2D eigenvalue weighted by Gasteiger charge is -2.08. The number of benzene rings is 1. The highest BCUT2D eigenvalue weighted by Crippen LogP contribution is 2.26. The van der Waals surface area contributed by atoms with E-state index in [1.165, 1.54) is 36.5 Å². The van der Waals surface area contributed by atoms with E-state index in [4.69, 9.17) is 22.4 Å². The second kappa shape index (κ2) is 5.58. The molecule has 20 heavy (non-hydrogen) atoms. The number of carbonyl (C=O) groups excluding carboxylic acids is 1. The van der Waals surface area contributed by atoms with Gasteiger partial charge in [0.05, 0.1) is 16.3 Å². The van der Waals surface area contributed by atoms with Crippen LogP contribution in [0.2, 0.25) is 5.02 Å². The highest BCUT2D eigenvalue weighted by molar-refractivity contribution is 6.33. The Kier molecular flexibility index (Phi) is 3.86. The van der Waals surface area contributed by atoms with E-state index in [1.54, 1.807) is 0 Å². The van der Waals surface area contributed by atoms with Crippen molar-refractivity contribution in [2.75, 3.05) is 5.32 Å². The van der Waals surface area contributed by atoms with Gasteiger partial charge in [-0.3, -0.25) is 4.79 Å². The maximum absolute atomic E-state index is 11.1. The van der Waals surface area contributed by atoms with E-state index in [-0.39, 0.29) is 10.6 Å². The van der Waals surface area contributed by atoms with Crippen molar-refractivity contribution in [3.05, 3.63) is 52.7 Å². The third kappa shape index (κ3) is 3.04. The first kappa shape index (κ1) is 13.8. The van der Waals surface area contributed by atoms with Crippen molar-refractivity contribution in [3.8, 4) is 0 Å². The summed E-state index contributed by atoms with van der Waals surface area (Å²) in [6.45, 7) is 0. The molecule has 0 aliphatic heterocycles. The maximum atomic E-state index is 11.1. The number of rotatable bonds is 4. The van der Waals surface area contributed by atoms with Crippen molar-refractivity contribution in [2.24, 2.45) is 5.73 Å². The smallest absolute Gasteiger partial charge is 0.335 e. The lowest BCUT2D eigenvalue weighted by Crippen LogP contribution is -2.11. The van der Waals surface area contributed by atoms with Crippen molar-refractivity contribution < 1.29 is 14.7 Å². The predicted octanol–water partition coefficient (Wildman–Crippen LogP) is 2.28. The van der Waals surface area contributed by atoms with E-state index >= 15 is 0 Å². The van der Waals surface area contributed by atoms with Gasteiger partial charge in [0.15, 0.2) is 0 Å². The number of anilines is 2. The van der Waals surface area contributed by atoms with Gasteiger partial charge in [0.1, 0.15) is 5.82 Å². The van der Waals surface area contributed by atoms with Crippen molar-refractivity contribution in [1.29, 1.82) is 0 Å². The Hall–Kier alpha value is -2.60. The Balaban J connectivity index is 2.28. The molecule has 7 heteroatoms. The van der Waals surface area contributed by atoms with Crippen molar-refractivity contribution in [3.63, 3.8) is 0 Å². The number of pyridine rings is 1. The van der Waals surface area contributed by atoms with Gasteiger partial charge < -0.3 is 16.2 Å². The third-order valence-corrected chi connectivity index (χ3v) is 2.84. The number of nitrogens with one attached hydrogen (secondary N) is 1. The Morgan fingerprint density at radius 3 is 2.55 bits per heavy atom. The molecule has 0 fully saturated rings. The molecule has 1 aromatic heterocycles. The molecule has 102 valence electrons. The molecule has 0 saturated carbocycles. The minimum atomic E-state index is -1.06. The quantitative estimate of drug-likeness (QED) is 0.801. The number of carbonyl (C=O) groups is 2. The largest absolute Gasteiger partial charge is 0.478 e. The average Bonchev–Trinajstić information content (AvgIpc) is 2.41. The molecule has 0 spiro atoms. The summed E-state index contributed by atoms with van der Waals surface area (Å²) in [5, 5.41) is 12.0. The monoisotopic (exact) mass is 291 g/mol. The molecule has 0 saturated heterocycles. The minimum absolute atomic E-state index is 0.0828. The molecule has 1 heterocycles. The molecule has 1 aromatic carbocycles. The lowest BCUT2D eigenvalue weighted by molar-refractivity contribution is 0.0696. The third-order valence-electron chi connectivity index (χ3n) is 2.52. The van der Waals surface area contributed by atoms with Crippen LogP contribution in [-0.4, -0.2) is 22.0 Å². The first-order valence-electron chi connectivity index (χ1n) is 5.53. The molecule has 2 aromatic rings. The van der Waals surface area contributed by atoms with Crippen molar-refractivity contribution in [2.45, 2.75) is 0 Å². The molecule has 1 amide bonds. The second-order valence-electron chi connectivity index (χ2n) is 3.92. The number of nitrogens with zero attached hydrogens (tertiary/aromatic N) is 1. The van der Waals surface area contributed by atoms with Gasteiger partial charge in [-0.1, -0.05) is 11.6 Å². The standard InChI is InChI=1S/C13H10ClN3O3/c14-9-5-8(13(19)20)1-2-10(9)17-11-6-7(12(15)18)3-4-16-11/h1-6H,(H2,15,18)(H,16,17)(H,19,20). The molecule has 0 radical (unpaired) electrons. The van der Waals surface area contributed by atoms with Crippen LogP contribution >= 0.6 is 11.6 Å². The number of carboxylic acid groups (broad SMARTS) is 1. The number of carboxylic acids is 1. The van der Waals surface area contributed by atoms with E-state index < -0.39 is 11.9 Å². The molecule has 0 bridgehead atoms. The summed E-state index contributed by atoms with van der Waals surface area (Å²) in [5.74, 6) is -1.25. The van der Waals surface area contributed by atoms with Crippen LogP contribution in [0.5, 0.6) is 0 Å². The van der Waals surface area contributed by atoms with E-state index in [0.29, 0.717) is 17.1 Å². The number of hydrogen-bond acceptors (Lipinski definition) is 4. The van der Waals surface area contributed by atoms with Crippen LogP contribution in [0.15, 0.2) is 36.5 Å². The lowest BCUT2D eigenvalue weighted by atomic mass is 10.2. The second-order valence-corrected chi connectivity index (χ2v) is 4.33. The number of nitrogens with two attached hydrogens (primary N) is 1. The number of hydrogen-bond donors (Lipinski definition) is 3. The van der Waals surface area contributed by atoms with E-state index in [2.05, 4.69) is 10.3 Å². The van der Waals surface area contributed by atoms with Gasteiger partial charge in [-0.05, 0) is 30.3 Å². The molecule has 4 N–H and O–H groups in total. The van der Waals surface area contributed by atoms with Crippen LogP contribution in [0.25, 0.3) is 0 Å². The normalized spacial score (nSPS) is 10.1. The first-order valence-corrected chi connectivity index (χ1v) is 5.91. The minimum Gasteiger partial charge on any atom is -0.478 e. The van der Waals surface area contributed by atoms with Gasteiger partial charge in [-0.25, -0.2) is 9.78 Å². The fraction of sp³-hybridized carbons (Fsp3) is 0. The summed E-state index contributed by atoms with van der Waals surface area (Å²) in [6.07, 6.45) is 1.43. The van der Waals surface area contributed by atoms with E-state index in [1.807, 2.05) is 0 Å². The summed E-state index contributed by atoms with van der Waals surface area (Å²) in [4.78, 5) is 25.9. The van der Waals surface area contributed by atoms with Gasteiger partial charge >= 0.3 is 5.97 Å². The molecule has 0 unspecified atom stereocenters. The SMILES string of the molecule is NC(=O)c1ccnc(Nc2ccc(C(=O)O)cc2Cl)c1. The molecule has 6 nitrogen and oxygen atoms in total. The Morgan fingerprint density at radius 2 is 1.95 bits per heavy atom. The molecule has 0 aliphatic carbocycles. The predicted molar refractivity (Wildman–Crippen MR) is 74.4 cm³/mol. The summed E-state index contributed by atoms with van der Waals surface area (Å²) in [6, 6.07) is 7.22.